The number of hydrogen-bond acceptors (Lipinski definition) is 8. The summed E-state index contributed by atoms with van der Waals surface area (Å²) >= 11 is 0. The highest BCUT2D eigenvalue weighted by Gasteiger charge is 2.43. The van der Waals surface area contributed by atoms with E-state index in [2.05, 4.69) is 102 Å². The topological polar surface area (TPSA) is 81.2 Å². The van der Waals surface area contributed by atoms with Crippen LogP contribution in [0.4, 0.5) is 17.8 Å². The molecule has 1 aromatic heterocycles. The van der Waals surface area contributed by atoms with Crippen LogP contribution in [-0.2, 0) is 0 Å². The lowest BCUT2D eigenvalue weighted by molar-refractivity contribution is 0.157. The van der Waals surface area contributed by atoms with Crippen molar-refractivity contribution in [3.63, 3.8) is 0 Å². The van der Waals surface area contributed by atoms with Crippen LogP contribution in [0.25, 0.3) is 0 Å². The van der Waals surface area contributed by atoms with E-state index in [9.17, 15) is 0 Å². The van der Waals surface area contributed by atoms with Gasteiger partial charge < -0.3 is 25.8 Å². The van der Waals surface area contributed by atoms with Gasteiger partial charge in [-0.15, -0.1) is 0 Å². The van der Waals surface area contributed by atoms with Gasteiger partial charge in [0.05, 0.1) is 0 Å². The molecule has 8 nitrogen and oxygen atoms in total. The lowest BCUT2D eigenvalue weighted by Crippen LogP contribution is -2.63. The summed E-state index contributed by atoms with van der Waals surface area (Å²) in [6.07, 6.45) is 44.6. The summed E-state index contributed by atoms with van der Waals surface area (Å²) in [7, 11) is 0. The Bertz CT molecular complexity index is 1230. The highest BCUT2D eigenvalue weighted by molar-refractivity contribution is 5.47. The van der Waals surface area contributed by atoms with Crippen molar-refractivity contribution in [3.8, 4) is 0 Å². The van der Waals surface area contributed by atoms with E-state index < -0.39 is 0 Å². The number of nitrogens with zero attached hydrogens (tertiary/aromatic N) is 5. The van der Waals surface area contributed by atoms with Gasteiger partial charge in [0.25, 0.3) is 0 Å². The van der Waals surface area contributed by atoms with Gasteiger partial charge in [0.2, 0.25) is 17.8 Å². The molecule has 8 heteroatoms. The van der Waals surface area contributed by atoms with E-state index in [0.717, 1.165) is 69.6 Å². The molecule has 0 saturated carbocycles. The van der Waals surface area contributed by atoms with Gasteiger partial charge in [-0.1, -0.05) is 194 Å². The van der Waals surface area contributed by atoms with Gasteiger partial charge in [0.15, 0.2) is 0 Å². The molecule has 2 aliphatic heterocycles. The molecule has 65 heavy (non-hydrogen) atoms. The first-order chi connectivity index (χ1) is 31.1. The Hall–Kier alpha value is -1.67. The van der Waals surface area contributed by atoms with Crippen molar-refractivity contribution < 1.29 is 0 Å². The maximum absolute atomic E-state index is 5.66. The van der Waals surface area contributed by atoms with Gasteiger partial charge in [0.1, 0.15) is 0 Å². The monoisotopic (exact) mass is 909 g/mol. The molecule has 0 amide bonds. The smallest absolute Gasteiger partial charge is 0.232 e. The predicted octanol–water partition coefficient (Wildman–Crippen LogP) is 16.3. The zero-order valence-electron chi connectivity index (χ0n) is 45.6. The molecule has 2 fully saturated rings. The largest absolute Gasteiger partial charge is 0.354 e. The molecule has 0 radical (unpaired) electrons. The van der Waals surface area contributed by atoms with Gasteiger partial charge in [-0.2, -0.15) is 15.0 Å². The molecule has 2 saturated heterocycles. The van der Waals surface area contributed by atoms with E-state index in [4.69, 9.17) is 15.0 Å². The van der Waals surface area contributed by atoms with Crippen molar-refractivity contribution in [1.29, 1.82) is 0 Å². The fraction of sp³-hybridized carbons (Fsp3) is 0.947. The minimum absolute atomic E-state index is 0.0305. The normalized spacial score (nSPS) is 18.3. The zero-order chi connectivity index (χ0) is 47.4. The predicted molar refractivity (Wildman–Crippen MR) is 287 cm³/mol. The number of rotatable bonds is 38. The molecule has 0 aromatic carbocycles. The third-order valence-electron chi connectivity index (χ3n) is 14.7. The standard InChI is InChI=1S/C57H112N8/c1-12-15-18-21-24-27-30-33-36-39-42-58-51-59-52(64(49-45-54(4,5)62-55(6,7)46-49)43-40-37-34-31-28-25-22-19-16-13-2)61-53(60-51)65(50-47-56(8,9)63-57(10,11)48-50)44-41-38-35-32-29-26-23-20-17-14-3/h49-50,62-63H,12-48H2,1-11H3,(H,58,59,60,61). The fourth-order valence-electron chi connectivity index (χ4n) is 11.9. The molecule has 3 rings (SSSR count). The van der Waals surface area contributed by atoms with Crippen molar-refractivity contribution in [3.05, 3.63) is 0 Å². The third kappa shape index (κ3) is 25.0. The third-order valence-corrected chi connectivity index (χ3v) is 14.7. The molecule has 3 N–H and O–H groups in total. The van der Waals surface area contributed by atoms with Crippen LogP contribution in [0.1, 0.15) is 294 Å². The van der Waals surface area contributed by atoms with Crippen LogP contribution < -0.4 is 25.8 Å². The molecule has 0 unspecified atom stereocenters. The summed E-state index contributed by atoms with van der Waals surface area (Å²) < 4.78 is 0. The molecule has 0 spiro atoms. The molecule has 380 valence electrons. The minimum Gasteiger partial charge on any atom is -0.354 e. The zero-order valence-corrected chi connectivity index (χ0v) is 45.6. The minimum atomic E-state index is 0.0305. The number of hydrogen-bond donors (Lipinski definition) is 3. The van der Waals surface area contributed by atoms with E-state index in [1.807, 2.05) is 0 Å². The van der Waals surface area contributed by atoms with Crippen LogP contribution >= 0.6 is 0 Å². The quantitative estimate of drug-likeness (QED) is 0.0566. The van der Waals surface area contributed by atoms with Crippen LogP contribution in [-0.4, -0.2) is 68.8 Å². The Morgan fingerprint density at radius 3 is 0.938 bits per heavy atom. The van der Waals surface area contributed by atoms with Gasteiger partial charge in [-0.25, -0.2) is 0 Å². The summed E-state index contributed by atoms with van der Waals surface area (Å²) in [5.74, 6) is 2.58. The molecule has 0 bridgehead atoms. The molecular formula is C57H112N8. The second-order valence-corrected chi connectivity index (χ2v) is 24.0. The summed E-state index contributed by atoms with van der Waals surface area (Å²) in [4.78, 5) is 21.8. The Kier molecular flexibility index (Phi) is 27.9. The number of anilines is 3. The SMILES string of the molecule is CCCCCCCCCCCCNc1nc(N(CCCCCCCCCCCC)C2CC(C)(C)NC(C)(C)C2)nc(N(CCCCCCCCCCCC)C2CC(C)(C)NC(C)(C)C2)n1. The molecular weight excluding hydrogens is 797 g/mol. The molecule has 0 atom stereocenters. The Morgan fingerprint density at radius 2 is 0.646 bits per heavy atom. The van der Waals surface area contributed by atoms with Crippen molar-refractivity contribution >= 4 is 17.8 Å². The van der Waals surface area contributed by atoms with Crippen molar-refractivity contribution in [2.24, 2.45) is 0 Å². The molecule has 2 aliphatic rings. The average Bonchev–Trinajstić information content (AvgIpc) is 3.21. The van der Waals surface area contributed by atoms with E-state index in [1.165, 1.54) is 186 Å². The Morgan fingerprint density at radius 1 is 0.385 bits per heavy atom. The first-order valence-corrected chi connectivity index (χ1v) is 28.7. The average molecular weight is 910 g/mol. The maximum Gasteiger partial charge on any atom is 0.232 e. The molecule has 0 aliphatic carbocycles. The lowest BCUT2D eigenvalue weighted by Gasteiger charge is -2.50. The van der Waals surface area contributed by atoms with E-state index >= 15 is 0 Å². The van der Waals surface area contributed by atoms with Crippen LogP contribution in [0.15, 0.2) is 0 Å². The highest BCUT2D eigenvalue weighted by atomic mass is 15.4. The number of nitrogens with one attached hydrogen (secondary N) is 3. The Labute approximate surface area is 405 Å². The summed E-state index contributed by atoms with van der Waals surface area (Å²) in [6.45, 7) is 29.0. The van der Waals surface area contributed by atoms with Crippen molar-refractivity contribution in [2.75, 3.05) is 34.8 Å². The van der Waals surface area contributed by atoms with Crippen molar-refractivity contribution in [2.45, 2.75) is 329 Å². The second-order valence-electron chi connectivity index (χ2n) is 24.0. The summed E-state index contributed by atoms with van der Waals surface area (Å²) in [5.41, 5.74) is 0.122. The first kappa shape index (κ1) is 57.6. The number of unbranched alkanes of at least 4 members (excludes halogenated alkanes) is 27. The van der Waals surface area contributed by atoms with Crippen LogP contribution in [0, 0.1) is 0 Å². The fourth-order valence-corrected chi connectivity index (χ4v) is 11.9. The van der Waals surface area contributed by atoms with E-state index in [0.29, 0.717) is 12.1 Å². The number of aromatic nitrogens is 3. The highest BCUT2D eigenvalue weighted by Crippen LogP contribution is 2.37. The second kappa shape index (κ2) is 31.5. The van der Waals surface area contributed by atoms with Crippen molar-refractivity contribution in [1.82, 2.24) is 25.6 Å². The molecule has 3 heterocycles. The first-order valence-electron chi connectivity index (χ1n) is 28.7. The van der Waals surface area contributed by atoms with Crippen LogP contribution in [0.5, 0.6) is 0 Å². The number of piperidine rings is 2. The van der Waals surface area contributed by atoms with Gasteiger partial charge in [-0.05, 0) is 100 Å². The van der Waals surface area contributed by atoms with E-state index in [1.54, 1.807) is 0 Å². The van der Waals surface area contributed by atoms with Crippen LogP contribution in [0.3, 0.4) is 0 Å². The van der Waals surface area contributed by atoms with Crippen LogP contribution in [0.2, 0.25) is 0 Å². The van der Waals surface area contributed by atoms with Gasteiger partial charge in [0, 0.05) is 53.9 Å². The lowest BCUT2D eigenvalue weighted by atomic mass is 9.79. The Balaban J connectivity index is 1.90. The summed E-state index contributed by atoms with van der Waals surface area (Å²) in [6, 6.07) is 0.717. The van der Waals surface area contributed by atoms with Gasteiger partial charge in [-0.3, -0.25) is 0 Å². The van der Waals surface area contributed by atoms with E-state index in [-0.39, 0.29) is 22.2 Å². The summed E-state index contributed by atoms with van der Waals surface area (Å²) in [5, 5.41) is 11.8. The molecule has 1 aromatic rings. The van der Waals surface area contributed by atoms with Gasteiger partial charge >= 0.3 is 0 Å². The maximum atomic E-state index is 5.66.